The van der Waals surface area contributed by atoms with Gasteiger partial charge in [-0.1, -0.05) is 28.1 Å². The molecule has 0 unspecified atom stereocenters. The molecule has 1 aromatic rings. The molecule has 0 heterocycles. The van der Waals surface area contributed by atoms with Gasteiger partial charge in [0.15, 0.2) is 0 Å². The molecule has 0 atom stereocenters. The highest BCUT2D eigenvalue weighted by Crippen LogP contribution is 2.30. The normalized spacial score (nSPS) is 15.2. The molecule has 0 spiro atoms. The van der Waals surface area contributed by atoms with E-state index in [-0.39, 0.29) is 0 Å². The Bertz CT molecular complexity index is 375. The van der Waals surface area contributed by atoms with Crippen LogP contribution >= 0.6 is 15.9 Å². The van der Waals surface area contributed by atoms with E-state index >= 15 is 0 Å². The van der Waals surface area contributed by atoms with Crippen molar-refractivity contribution in [2.24, 2.45) is 0 Å². The van der Waals surface area contributed by atoms with Crippen LogP contribution in [0.5, 0.6) is 0 Å². The molecular weight excluding hydrogens is 224 g/mol. The third kappa shape index (κ3) is 1.58. The number of rotatable bonds is 0. The maximum atomic E-state index is 3.57. The van der Waals surface area contributed by atoms with Crippen LogP contribution in [-0.2, 0) is 6.42 Å². The van der Waals surface area contributed by atoms with Gasteiger partial charge in [0, 0.05) is 4.47 Å². The van der Waals surface area contributed by atoms with Gasteiger partial charge < -0.3 is 0 Å². The highest BCUT2D eigenvalue weighted by molar-refractivity contribution is 9.10. The molecule has 13 heavy (non-hydrogen) atoms. The van der Waals surface area contributed by atoms with Crippen molar-refractivity contribution in [3.63, 3.8) is 0 Å². The second-order valence-electron chi connectivity index (χ2n) is 3.68. The van der Waals surface area contributed by atoms with Crippen LogP contribution in [0.3, 0.4) is 0 Å². The molecule has 1 heteroatoms. The quantitative estimate of drug-likeness (QED) is 0.637. The van der Waals surface area contributed by atoms with Gasteiger partial charge >= 0.3 is 0 Å². The molecule has 68 valence electrons. The van der Waals surface area contributed by atoms with Gasteiger partial charge in [0.05, 0.1) is 0 Å². The topological polar surface area (TPSA) is 0 Å². The van der Waals surface area contributed by atoms with Crippen LogP contribution in [0, 0.1) is 6.92 Å². The second kappa shape index (κ2) is 3.30. The van der Waals surface area contributed by atoms with Crippen molar-refractivity contribution in [3.8, 4) is 0 Å². The van der Waals surface area contributed by atoms with Crippen LogP contribution in [0.25, 0.3) is 5.57 Å². The van der Waals surface area contributed by atoms with E-state index in [0.29, 0.717) is 0 Å². The number of hydrogen-bond donors (Lipinski definition) is 0. The maximum Gasteiger partial charge on any atom is 0.0210 e. The van der Waals surface area contributed by atoms with Gasteiger partial charge in [0.25, 0.3) is 0 Å². The predicted octanol–water partition coefficient (Wildman–Crippen LogP) is 4.11. The highest BCUT2D eigenvalue weighted by atomic mass is 79.9. The van der Waals surface area contributed by atoms with E-state index in [0.717, 1.165) is 0 Å². The minimum Gasteiger partial charge on any atom is -0.0807 e. The van der Waals surface area contributed by atoms with Gasteiger partial charge in [-0.25, -0.2) is 0 Å². The monoisotopic (exact) mass is 236 g/mol. The first-order valence-corrected chi connectivity index (χ1v) is 5.44. The highest BCUT2D eigenvalue weighted by Gasteiger charge is 2.10. The van der Waals surface area contributed by atoms with E-state index in [9.17, 15) is 0 Å². The van der Waals surface area contributed by atoms with Crippen molar-refractivity contribution in [1.29, 1.82) is 0 Å². The molecule has 2 rings (SSSR count). The number of aryl methyl sites for hydroxylation is 2. The fourth-order valence-electron chi connectivity index (χ4n) is 1.87. The Morgan fingerprint density at radius 1 is 1.23 bits per heavy atom. The first-order valence-electron chi connectivity index (χ1n) is 4.64. The standard InChI is InChI=1S/C12H13Br/c1-8-4-3-5-10-6-9(2)12(13)7-11(8)10/h4,6-7H,3,5H2,1-2H3. The van der Waals surface area contributed by atoms with E-state index in [2.05, 4.69) is 48.0 Å². The molecule has 0 fully saturated rings. The summed E-state index contributed by atoms with van der Waals surface area (Å²) in [5.74, 6) is 0. The lowest BCUT2D eigenvalue weighted by Gasteiger charge is -2.16. The predicted molar refractivity (Wildman–Crippen MR) is 60.9 cm³/mol. The summed E-state index contributed by atoms with van der Waals surface area (Å²) in [4.78, 5) is 0. The summed E-state index contributed by atoms with van der Waals surface area (Å²) in [6, 6.07) is 4.55. The number of halogens is 1. The first kappa shape index (κ1) is 9.01. The lowest BCUT2D eigenvalue weighted by atomic mass is 9.91. The number of fused-ring (bicyclic) bond motifs is 1. The zero-order chi connectivity index (χ0) is 9.42. The van der Waals surface area contributed by atoms with Crippen LogP contribution in [0.15, 0.2) is 22.7 Å². The van der Waals surface area contributed by atoms with Crippen molar-refractivity contribution >= 4 is 21.5 Å². The SMILES string of the molecule is CC1=CCCc2cc(C)c(Br)cc21. The molecule has 0 amide bonds. The minimum atomic E-state index is 1.19. The van der Waals surface area contributed by atoms with Crippen molar-refractivity contribution in [1.82, 2.24) is 0 Å². The Morgan fingerprint density at radius 3 is 2.77 bits per heavy atom. The molecule has 0 saturated heterocycles. The van der Waals surface area contributed by atoms with Gasteiger partial charge in [-0.3, -0.25) is 0 Å². The zero-order valence-electron chi connectivity index (χ0n) is 8.02. The average Bonchev–Trinajstić information content (AvgIpc) is 2.09. The molecule has 0 bridgehead atoms. The summed E-state index contributed by atoms with van der Waals surface area (Å²) in [6.07, 6.45) is 4.71. The lowest BCUT2D eigenvalue weighted by molar-refractivity contribution is 0.971. The smallest absolute Gasteiger partial charge is 0.0210 e. The average molecular weight is 237 g/mol. The largest absolute Gasteiger partial charge is 0.0807 e. The van der Waals surface area contributed by atoms with Crippen molar-refractivity contribution in [3.05, 3.63) is 39.4 Å². The van der Waals surface area contributed by atoms with Gasteiger partial charge in [0.1, 0.15) is 0 Å². The number of hydrogen-bond acceptors (Lipinski definition) is 0. The first-order chi connectivity index (χ1) is 6.18. The Morgan fingerprint density at radius 2 is 2.00 bits per heavy atom. The van der Waals surface area contributed by atoms with Gasteiger partial charge in [0.2, 0.25) is 0 Å². The molecule has 0 nitrogen and oxygen atoms in total. The van der Waals surface area contributed by atoms with Gasteiger partial charge in [-0.2, -0.15) is 0 Å². The molecule has 0 saturated carbocycles. The van der Waals surface area contributed by atoms with Crippen molar-refractivity contribution in [2.75, 3.05) is 0 Å². The van der Waals surface area contributed by atoms with Crippen molar-refractivity contribution < 1.29 is 0 Å². The third-order valence-electron chi connectivity index (χ3n) is 2.67. The molecular formula is C12H13Br. The molecule has 0 aromatic heterocycles. The van der Waals surface area contributed by atoms with Gasteiger partial charge in [-0.05, 0) is 55.0 Å². The van der Waals surface area contributed by atoms with Crippen LogP contribution in [0.2, 0.25) is 0 Å². The number of benzene rings is 1. The zero-order valence-corrected chi connectivity index (χ0v) is 9.61. The molecule has 0 N–H and O–H groups in total. The summed E-state index contributed by atoms with van der Waals surface area (Å²) in [7, 11) is 0. The summed E-state index contributed by atoms with van der Waals surface area (Å²) >= 11 is 3.57. The van der Waals surface area contributed by atoms with Crippen LogP contribution in [-0.4, -0.2) is 0 Å². The molecule has 0 radical (unpaired) electrons. The van der Waals surface area contributed by atoms with E-state index in [1.54, 1.807) is 0 Å². The lowest BCUT2D eigenvalue weighted by Crippen LogP contribution is -1.98. The van der Waals surface area contributed by atoms with E-state index in [4.69, 9.17) is 0 Å². The number of allylic oxidation sites excluding steroid dienone is 2. The summed E-state index contributed by atoms with van der Waals surface area (Å²) < 4.78 is 1.22. The summed E-state index contributed by atoms with van der Waals surface area (Å²) in [6.45, 7) is 4.35. The van der Waals surface area contributed by atoms with E-state index in [1.807, 2.05) is 0 Å². The Balaban J connectivity index is 2.61. The fraction of sp³-hybridized carbons (Fsp3) is 0.333. The van der Waals surface area contributed by atoms with Crippen molar-refractivity contribution in [2.45, 2.75) is 26.7 Å². The van der Waals surface area contributed by atoms with Crippen LogP contribution in [0.1, 0.15) is 30.0 Å². The Kier molecular flexibility index (Phi) is 2.29. The van der Waals surface area contributed by atoms with E-state index in [1.165, 1.54) is 39.6 Å². The summed E-state index contributed by atoms with van der Waals surface area (Å²) in [5, 5.41) is 0. The molecule has 1 aliphatic rings. The van der Waals surface area contributed by atoms with E-state index < -0.39 is 0 Å². The van der Waals surface area contributed by atoms with Crippen LogP contribution < -0.4 is 0 Å². The fourth-order valence-corrected chi connectivity index (χ4v) is 2.21. The Labute approximate surface area is 87.8 Å². The molecule has 0 aliphatic heterocycles. The third-order valence-corrected chi connectivity index (χ3v) is 3.53. The molecule has 1 aliphatic carbocycles. The maximum absolute atomic E-state index is 3.57. The summed E-state index contributed by atoms with van der Waals surface area (Å²) in [5.41, 5.74) is 5.68. The molecule has 1 aromatic carbocycles. The Hall–Kier alpha value is -0.560. The van der Waals surface area contributed by atoms with Gasteiger partial charge in [-0.15, -0.1) is 0 Å². The van der Waals surface area contributed by atoms with Crippen LogP contribution in [0.4, 0.5) is 0 Å². The second-order valence-corrected chi connectivity index (χ2v) is 4.54. The minimum absolute atomic E-state index is 1.19.